The predicted octanol–water partition coefficient (Wildman–Crippen LogP) is 4.04. The highest BCUT2D eigenvalue weighted by Crippen LogP contribution is 2.29. The molecule has 2 amide bonds. The van der Waals surface area contributed by atoms with Crippen molar-refractivity contribution < 1.29 is 14.3 Å². The van der Waals surface area contributed by atoms with Crippen molar-refractivity contribution in [1.29, 1.82) is 0 Å². The summed E-state index contributed by atoms with van der Waals surface area (Å²) in [5, 5.41) is 6.90. The fourth-order valence-electron chi connectivity index (χ4n) is 2.50. The van der Waals surface area contributed by atoms with Gasteiger partial charge in [0.25, 0.3) is 5.91 Å². The molecule has 0 aliphatic heterocycles. The molecule has 0 atom stereocenters. The van der Waals surface area contributed by atoms with Crippen molar-refractivity contribution in [3.63, 3.8) is 0 Å². The summed E-state index contributed by atoms with van der Waals surface area (Å²) in [7, 11) is 1.51. The lowest BCUT2D eigenvalue weighted by Crippen LogP contribution is -2.14. The maximum absolute atomic E-state index is 12.6. The van der Waals surface area contributed by atoms with Crippen molar-refractivity contribution >= 4 is 45.7 Å². The smallest absolute Gasteiger partial charge is 0.272 e. The number of H-pyrrole nitrogens is 1. The summed E-state index contributed by atoms with van der Waals surface area (Å²) in [6, 6.07) is 12.1. The zero-order valence-corrected chi connectivity index (χ0v) is 14.4. The van der Waals surface area contributed by atoms with E-state index in [1.165, 1.54) is 14.0 Å². The first-order valence-corrected chi connectivity index (χ1v) is 7.89. The molecule has 2 aromatic carbocycles. The van der Waals surface area contributed by atoms with E-state index in [1.807, 2.05) is 6.07 Å². The van der Waals surface area contributed by atoms with Gasteiger partial charge in [-0.2, -0.15) is 0 Å². The topological polar surface area (TPSA) is 83.2 Å². The van der Waals surface area contributed by atoms with Crippen molar-refractivity contribution in [2.24, 2.45) is 0 Å². The summed E-state index contributed by atoms with van der Waals surface area (Å²) in [5.41, 5.74) is 2.22. The molecular formula is C18H16ClN3O3. The van der Waals surface area contributed by atoms with E-state index >= 15 is 0 Å². The van der Waals surface area contributed by atoms with Crippen molar-refractivity contribution in [2.75, 3.05) is 17.7 Å². The first-order chi connectivity index (χ1) is 12.0. The van der Waals surface area contributed by atoms with E-state index in [0.29, 0.717) is 27.8 Å². The molecule has 7 heteroatoms. The Morgan fingerprint density at radius 2 is 1.88 bits per heavy atom. The van der Waals surface area contributed by atoms with Crippen LogP contribution in [-0.4, -0.2) is 23.9 Å². The molecule has 128 valence electrons. The molecule has 1 heterocycles. The fraction of sp³-hybridized carbons (Fsp3) is 0.111. The summed E-state index contributed by atoms with van der Waals surface area (Å²) in [6.07, 6.45) is 0. The Labute approximate surface area is 149 Å². The van der Waals surface area contributed by atoms with E-state index < -0.39 is 0 Å². The van der Waals surface area contributed by atoms with Gasteiger partial charge in [-0.25, -0.2) is 0 Å². The van der Waals surface area contributed by atoms with Crippen LogP contribution in [0, 0.1) is 0 Å². The third kappa shape index (κ3) is 3.75. The number of carbonyl (C=O) groups excluding carboxylic acids is 2. The van der Waals surface area contributed by atoms with Crippen LogP contribution in [0.25, 0.3) is 10.9 Å². The number of nitrogens with one attached hydrogen (secondary N) is 3. The third-order valence-corrected chi connectivity index (χ3v) is 3.83. The molecular weight excluding hydrogens is 342 g/mol. The molecule has 3 aromatic rings. The van der Waals surface area contributed by atoms with Crippen molar-refractivity contribution in [1.82, 2.24) is 4.98 Å². The standard InChI is InChI=1S/C18H16ClN3O3/c1-10(23)20-13-4-6-17(25-2)15(9-13)22-18(24)16-8-11-7-12(19)3-5-14(11)21-16/h3-9,21H,1-2H3,(H,20,23)(H,22,24). The van der Waals surface area contributed by atoms with Crippen LogP contribution < -0.4 is 15.4 Å². The van der Waals surface area contributed by atoms with Crippen LogP contribution in [0.15, 0.2) is 42.5 Å². The van der Waals surface area contributed by atoms with E-state index in [2.05, 4.69) is 15.6 Å². The summed E-state index contributed by atoms with van der Waals surface area (Å²) >= 11 is 5.97. The number of anilines is 2. The molecule has 0 unspecified atom stereocenters. The van der Waals surface area contributed by atoms with Gasteiger partial charge in [0.2, 0.25) is 5.91 Å². The van der Waals surface area contributed by atoms with Gasteiger partial charge >= 0.3 is 0 Å². The maximum atomic E-state index is 12.6. The molecule has 0 radical (unpaired) electrons. The number of halogens is 1. The molecule has 3 N–H and O–H groups in total. The van der Waals surface area contributed by atoms with Gasteiger partial charge in [0.1, 0.15) is 11.4 Å². The monoisotopic (exact) mass is 357 g/mol. The lowest BCUT2D eigenvalue weighted by molar-refractivity contribution is -0.114. The molecule has 0 bridgehead atoms. The molecule has 0 spiro atoms. The second-order valence-corrected chi connectivity index (χ2v) is 5.90. The number of benzene rings is 2. The average Bonchev–Trinajstić information content (AvgIpc) is 2.98. The minimum Gasteiger partial charge on any atom is -0.495 e. The van der Waals surface area contributed by atoms with Crippen LogP contribution in [0.5, 0.6) is 5.75 Å². The molecule has 0 fully saturated rings. The molecule has 0 aliphatic carbocycles. The maximum Gasteiger partial charge on any atom is 0.272 e. The highest BCUT2D eigenvalue weighted by Gasteiger charge is 2.13. The summed E-state index contributed by atoms with van der Waals surface area (Å²) < 4.78 is 5.26. The third-order valence-electron chi connectivity index (χ3n) is 3.60. The first-order valence-electron chi connectivity index (χ1n) is 7.51. The van der Waals surface area contributed by atoms with Gasteiger partial charge < -0.3 is 20.4 Å². The second-order valence-electron chi connectivity index (χ2n) is 5.46. The lowest BCUT2D eigenvalue weighted by Gasteiger charge is -2.12. The Morgan fingerprint density at radius 3 is 2.60 bits per heavy atom. The number of hydrogen-bond donors (Lipinski definition) is 3. The Kier molecular flexibility index (Phi) is 4.63. The second kappa shape index (κ2) is 6.86. The Hall–Kier alpha value is -2.99. The number of aromatic nitrogens is 1. The van der Waals surface area contributed by atoms with Crippen molar-refractivity contribution in [3.8, 4) is 5.75 Å². The molecule has 0 saturated carbocycles. The largest absolute Gasteiger partial charge is 0.495 e. The van der Waals surface area contributed by atoms with Crippen molar-refractivity contribution in [2.45, 2.75) is 6.92 Å². The van der Waals surface area contributed by atoms with Gasteiger partial charge in [0.05, 0.1) is 12.8 Å². The molecule has 25 heavy (non-hydrogen) atoms. The van der Waals surface area contributed by atoms with Crippen LogP contribution in [0.2, 0.25) is 5.02 Å². The van der Waals surface area contributed by atoms with Crippen LogP contribution >= 0.6 is 11.6 Å². The quantitative estimate of drug-likeness (QED) is 0.659. The fourth-order valence-corrected chi connectivity index (χ4v) is 2.68. The number of fused-ring (bicyclic) bond motifs is 1. The molecule has 0 aliphatic rings. The zero-order chi connectivity index (χ0) is 18.0. The predicted molar refractivity (Wildman–Crippen MR) is 98.6 cm³/mol. The summed E-state index contributed by atoms with van der Waals surface area (Å²) in [4.78, 5) is 26.8. The van der Waals surface area contributed by atoms with Gasteiger partial charge in [-0.3, -0.25) is 9.59 Å². The molecule has 1 aromatic heterocycles. The van der Waals surface area contributed by atoms with Crippen LogP contribution in [0.3, 0.4) is 0 Å². The number of carbonyl (C=O) groups is 2. The van der Waals surface area contributed by atoms with Gasteiger partial charge in [-0.1, -0.05) is 11.6 Å². The SMILES string of the molecule is COc1ccc(NC(C)=O)cc1NC(=O)c1cc2cc(Cl)ccc2[nH]1. The van der Waals surface area contributed by atoms with E-state index in [4.69, 9.17) is 16.3 Å². The van der Waals surface area contributed by atoms with Gasteiger partial charge in [-0.15, -0.1) is 0 Å². The number of hydrogen-bond acceptors (Lipinski definition) is 3. The Bertz CT molecular complexity index is 965. The number of methoxy groups -OCH3 is 1. The van der Waals surface area contributed by atoms with Crippen molar-refractivity contribution in [3.05, 3.63) is 53.2 Å². The van der Waals surface area contributed by atoms with E-state index in [1.54, 1.807) is 36.4 Å². The van der Waals surface area contributed by atoms with E-state index in [-0.39, 0.29) is 11.8 Å². The highest BCUT2D eigenvalue weighted by atomic mass is 35.5. The number of aromatic amines is 1. The number of amides is 2. The Balaban J connectivity index is 1.89. The Morgan fingerprint density at radius 1 is 1.08 bits per heavy atom. The minimum atomic E-state index is -0.328. The van der Waals surface area contributed by atoms with E-state index in [9.17, 15) is 9.59 Å². The summed E-state index contributed by atoms with van der Waals surface area (Å²) in [5.74, 6) is -0.0397. The van der Waals surface area contributed by atoms with Crippen LogP contribution in [-0.2, 0) is 4.79 Å². The van der Waals surface area contributed by atoms with Gasteiger partial charge in [0.15, 0.2) is 0 Å². The van der Waals surface area contributed by atoms with E-state index in [0.717, 1.165) is 10.9 Å². The first kappa shape index (κ1) is 16.9. The van der Waals surface area contributed by atoms with Crippen LogP contribution in [0.4, 0.5) is 11.4 Å². The minimum absolute atomic E-state index is 0.199. The van der Waals surface area contributed by atoms with Crippen LogP contribution in [0.1, 0.15) is 17.4 Å². The summed E-state index contributed by atoms with van der Waals surface area (Å²) in [6.45, 7) is 1.41. The zero-order valence-electron chi connectivity index (χ0n) is 13.6. The highest BCUT2D eigenvalue weighted by molar-refractivity contribution is 6.31. The molecule has 0 saturated heterocycles. The number of ether oxygens (including phenoxy) is 1. The molecule has 6 nitrogen and oxygen atoms in total. The lowest BCUT2D eigenvalue weighted by atomic mass is 10.2. The van der Waals surface area contributed by atoms with Gasteiger partial charge in [-0.05, 0) is 42.5 Å². The average molecular weight is 358 g/mol. The molecule has 3 rings (SSSR count). The normalized spacial score (nSPS) is 10.5. The number of rotatable bonds is 4. The van der Waals surface area contributed by atoms with Gasteiger partial charge in [0, 0.05) is 28.5 Å².